The summed E-state index contributed by atoms with van der Waals surface area (Å²) in [7, 11) is 2.11. The first-order valence-electron chi connectivity index (χ1n) is 3.57. The van der Waals surface area contributed by atoms with Crippen molar-refractivity contribution in [1.29, 1.82) is 0 Å². The minimum Gasteiger partial charge on any atom is -0.207 e. The molecule has 0 aliphatic carbocycles. The van der Waals surface area contributed by atoms with Gasteiger partial charge in [0.2, 0.25) is 0 Å². The molecule has 1 aromatic carbocycles. The maximum absolute atomic E-state index is 12.3. The van der Waals surface area contributed by atoms with E-state index < -0.39 is 0 Å². The first-order chi connectivity index (χ1) is 4.83. The molecule has 0 N–H and O–H groups in total. The molecule has 1 aromatic rings. The zero-order valence-corrected chi connectivity index (χ0v) is 6.10. The third-order valence-corrected chi connectivity index (χ3v) is 1.45. The van der Waals surface area contributed by atoms with Crippen LogP contribution in [0.3, 0.4) is 0 Å². The lowest BCUT2D eigenvalue weighted by Crippen LogP contribution is -1.83. The summed E-state index contributed by atoms with van der Waals surface area (Å²) in [4.78, 5) is 0. The van der Waals surface area contributed by atoms with E-state index in [1.165, 1.54) is 17.7 Å². The normalized spacial score (nSPS) is 9.70. The molecule has 0 heterocycles. The van der Waals surface area contributed by atoms with Crippen molar-refractivity contribution in [3.05, 3.63) is 35.6 Å². The SMILES string of the molecule is BCCc1ccc(F)cc1. The summed E-state index contributed by atoms with van der Waals surface area (Å²) in [5.41, 5.74) is 1.21. The van der Waals surface area contributed by atoms with Crippen LogP contribution in [0.5, 0.6) is 0 Å². The molecule has 0 aliphatic rings. The molecule has 0 aromatic heterocycles. The predicted octanol–water partition coefficient (Wildman–Crippen LogP) is 1.42. The second-order valence-corrected chi connectivity index (χ2v) is 2.38. The molecule has 0 saturated carbocycles. The third-order valence-electron chi connectivity index (χ3n) is 1.45. The number of rotatable bonds is 2. The van der Waals surface area contributed by atoms with Gasteiger partial charge < -0.3 is 0 Å². The van der Waals surface area contributed by atoms with Crippen LogP contribution in [0.1, 0.15) is 5.56 Å². The average molecular weight is 136 g/mol. The minimum atomic E-state index is -0.153. The van der Waals surface area contributed by atoms with Gasteiger partial charge in [-0.05, 0) is 24.1 Å². The van der Waals surface area contributed by atoms with E-state index in [0.717, 1.165) is 12.7 Å². The van der Waals surface area contributed by atoms with Gasteiger partial charge in [-0.15, -0.1) is 0 Å². The predicted molar refractivity (Wildman–Crippen MR) is 43.5 cm³/mol. The van der Waals surface area contributed by atoms with Crippen molar-refractivity contribution in [2.75, 3.05) is 0 Å². The summed E-state index contributed by atoms with van der Waals surface area (Å²) in [6, 6.07) is 6.67. The molecule has 0 fully saturated rings. The molecular formula is C8H10BF. The van der Waals surface area contributed by atoms with Crippen molar-refractivity contribution in [2.24, 2.45) is 0 Å². The number of hydrogen-bond donors (Lipinski definition) is 0. The molecule has 2 heteroatoms. The second kappa shape index (κ2) is 3.40. The van der Waals surface area contributed by atoms with E-state index in [4.69, 9.17) is 0 Å². The van der Waals surface area contributed by atoms with Crippen LogP contribution in [0.2, 0.25) is 6.32 Å². The monoisotopic (exact) mass is 136 g/mol. The maximum Gasteiger partial charge on any atom is 0.123 e. The Bertz CT molecular complexity index is 193. The molecule has 0 radical (unpaired) electrons. The van der Waals surface area contributed by atoms with E-state index in [-0.39, 0.29) is 5.82 Å². The van der Waals surface area contributed by atoms with Crippen LogP contribution in [-0.2, 0) is 6.42 Å². The highest BCUT2D eigenvalue weighted by Crippen LogP contribution is 2.03. The Morgan fingerprint density at radius 3 is 2.30 bits per heavy atom. The van der Waals surface area contributed by atoms with Crippen molar-refractivity contribution >= 4 is 7.85 Å². The fraction of sp³-hybridized carbons (Fsp3) is 0.250. The Morgan fingerprint density at radius 1 is 1.20 bits per heavy atom. The van der Waals surface area contributed by atoms with Crippen LogP contribution in [0, 0.1) is 5.82 Å². The summed E-state index contributed by atoms with van der Waals surface area (Å²) in [6.07, 6.45) is 2.16. The molecule has 52 valence electrons. The first-order valence-corrected chi connectivity index (χ1v) is 3.57. The van der Waals surface area contributed by atoms with E-state index in [0.29, 0.717) is 0 Å². The Labute approximate surface area is 61.5 Å². The largest absolute Gasteiger partial charge is 0.207 e. The van der Waals surface area contributed by atoms with Crippen molar-refractivity contribution in [3.63, 3.8) is 0 Å². The van der Waals surface area contributed by atoms with Crippen LogP contribution < -0.4 is 0 Å². The molecule has 0 saturated heterocycles. The third kappa shape index (κ3) is 1.87. The maximum atomic E-state index is 12.3. The van der Waals surface area contributed by atoms with Gasteiger partial charge in [-0.1, -0.05) is 18.5 Å². The molecular weight excluding hydrogens is 126 g/mol. The quantitative estimate of drug-likeness (QED) is 0.539. The molecule has 0 unspecified atom stereocenters. The van der Waals surface area contributed by atoms with E-state index in [1.807, 2.05) is 12.1 Å². The number of aryl methyl sites for hydroxylation is 1. The standard InChI is InChI=1S/C8H10BF/c9-6-5-7-1-3-8(10)4-2-7/h1-4H,5-6,9H2. The highest BCUT2D eigenvalue weighted by Gasteiger charge is 1.90. The summed E-state index contributed by atoms with van der Waals surface area (Å²) >= 11 is 0. The van der Waals surface area contributed by atoms with Crippen LogP contribution in [0.15, 0.2) is 24.3 Å². The summed E-state index contributed by atoms with van der Waals surface area (Å²) < 4.78 is 12.3. The summed E-state index contributed by atoms with van der Waals surface area (Å²) in [5.74, 6) is -0.153. The first kappa shape index (κ1) is 7.32. The number of benzene rings is 1. The van der Waals surface area contributed by atoms with Crippen molar-refractivity contribution in [2.45, 2.75) is 12.7 Å². The smallest absolute Gasteiger partial charge is 0.123 e. The molecule has 0 spiro atoms. The Morgan fingerprint density at radius 2 is 1.80 bits per heavy atom. The zero-order valence-electron chi connectivity index (χ0n) is 6.10. The van der Waals surface area contributed by atoms with E-state index >= 15 is 0 Å². The molecule has 0 aliphatic heterocycles. The lowest BCUT2D eigenvalue weighted by molar-refractivity contribution is 0.627. The minimum absolute atomic E-state index is 0.153. The second-order valence-electron chi connectivity index (χ2n) is 2.38. The number of halogens is 1. The van der Waals surface area contributed by atoms with Crippen LogP contribution in [-0.4, -0.2) is 7.85 Å². The molecule has 0 atom stereocenters. The van der Waals surface area contributed by atoms with Gasteiger partial charge in [0.05, 0.1) is 0 Å². The van der Waals surface area contributed by atoms with Gasteiger partial charge in [-0.25, -0.2) is 4.39 Å². The average Bonchev–Trinajstić information content (AvgIpc) is 1.95. The summed E-state index contributed by atoms with van der Waals surface area (Å²) in [5, 5.41) is 0. The van der Waals surface area contributed by atoms with Gasteiger partial charge in [0.15, 0.2) is 0 Å². The van der Waals surface area contributed by atoms with Crippen LogP contribution in [0.25, 0.3) is 0 Å². The Kier molecular flexibility index (Phi) is 2.49. The molecule has 10 heavy (non-hydrogen) atoms. The van der Waals surface area contributed by atoms with Crippen molar-refractivity contribution in [3.8, 4) is 0 Å². The molecule has 0 bridgehead atoms. The fourth-order valence-corrected chi connectivity index (χ4v) is 0.940. The van der Waals surface area contributed by atoms with Gasteiger partial charge in [0, 0.05) is 0 Å². The van der Waals surface area contributed by atoms with Gasteiger partial charge >= 0.3 is 0 Å². The van der Waals surface area contributed by atoms with Crippen molar-refractivity contribution in [1.82, 2.24) is 0 Å². The van der Waals surface area contributed by atoms with E-state index in [1.54, 1.807) is 0 Å². The summed E-state index contributed by atoms with van der Waals surface area (Å²) in [6.45, 7) is 0. The van der Waals surface area contributed by atoms with Crippen LogP contribution in [0.4, 0.5) is 4.39 Å². The van der Waals surface area contributed by atoms with Gasteiger partial charge in [-0.3, -0.25) is 0 Å². The van der Waals surface area contributed by atoms with E-state index in [2.05, 4.69) is 7.85 Å². The lowest BCUT2D eigenvalue weighted by atomic mass is 9.97. The highest BCUT2D eigenvalue weighted by molar-refractivity contribution is 6.08. The Balaban J connectivity index is 2.69. The molecule has 0 amide bonds. The Hall–Kier alpha value is -0.785. The number of hydrogen-bond acceptors (Lipinski definition) is 0. The van der Waals surface area contributed by atoms with Gasteiger partial charge in [0.25, 0.3) is 0 Å². The zero-order chi connectivity index (χ0) is 7.40. The lowest BCUT2D eigenvalue weighted by Gasteiger charge is -1.95. The van der Waals surface area contributed by atoms with Crippen LogP contribution >= 0.6 is 0 Å². The van der Waals surface area contributed by atoms with Gasteiger partial charge in [-0.2, -0.15) is 0 Å². The van der Waals surface area contributed by atoms with Gasteiger partial charge in [0.1, 0.15) is 13.7 Å². The van der Waals surface area contributed by atoms with E-state index in [9.17, 15) is 4.39 Å². The topological polar surface area (TPSA) is 0 Å². The fourth-order valence-electron chi connectivity index (χ4n) is 0.940. The molecule has 0 nitrogen and oxygen atoms in total. The molecule has 1 rings (SSSR count). The van der Waals surface area contributed by atoms with Crippen molar-refractivity contribution < 1.29 is 4.39 Å². The highest BCUT2D eigenvalue weighted by atomic mass is 19.1.